The molecule has 6 nitrogen and oxygen atoms in total. The standard InChI is InChI=1S/C13H11BrN2O4S/c1-20-10-3-2-7(4-8(10)14)12(17)15-5-11-16-9(6-21-11)13(18)19/h2-4,6H,5H2,1H3,(H,15,17)(H,18,19). The largest absolute Gasteiger partial charge is 0.496 e. The maximum Gasteiger partial charge on any atom is 0.355 e. The first kappa shape index (κ1) is 15.5. The van der Waals surface area contributed by atoms with E-state index in [0.717, 1.165) is 0 Å². The van der Waals surface area contributed by atoms with Crippen LogP contribution in [0.15, 0.2) is 28.1 Å². The summed E-state index contributed by atoms with van der Waals surface area (Å²) in [4.78, 5) is 26.6. The zero-order valence-corrected chi connectivity index (χ0v) is 13.3. The summed E-state index contributed by atoms with van der Waals surface area (Å²) in [5, 5.41) is 13.4. The minimum Gasteiger partial charge on any atom is -0.496 e. The second kappa shape index (κ2) is 6.68. The highest BCUT2D eigenvalue weighted by Crippen LogP contribution is 2.25. The lowest BCUT2D eigenvalue weighted by Crippen LogP contribution is -2.22. The van der Waals surface area contributed by atoms with Crippen LogP contribution in [0.1, 0.15) is 25.9 Å². The number of aromatic carboxylic acids is 1. The van der Waals surface area contributed by atoms with Crippen molar-refractivity contribution in [3.05, 3.63) is 44.3 Å². The second-order valence-electron chi connectivity index (χ2n) is 3.96. The zero-order valence-electron chi connectivity index (χ0n) is 10.9. The highest BCUT2D eigenvalue weighted by Gasteiger charge is 2.11. The Morgan fingerprint density at radius 2 is 2.24 bits per heavy atom. The number of carboxylic acids is 1. The van der Waals surface area contributed by atoms with E-state index in [-0.39, 0.29) is 18.1 Å². The summed E-state index contributed by atoms with van der Waals surface area (Å²) < 4.78 is 5.77. The maximum atomic E-state index is 12.0. The van der Waals surface area contributed by atoms with Crippen molar-refractivity contribution in [3.63, 3.8) is 0 Å². The van der Waals surface area contributed by atoms with Crippen molar-refractivity contribution in [1.82, 2.24) is 10.3 Å². The van der Waals surface area contributed by atoms with Crippen LogP contribution in [0.3, 0.4) is 0 Å². The van der Waals surface area contributed by atoms with Crippen LogP contribution in [0.4, 0.5) is 0 Å². The molecule has 0 aliphatic heterocycles. The van der Waals surface area contributed by atoms with Gasteiger partial charge in [-0.25, -0.2) is 9.78 Å². The van der Waals surface area contributed by atoms with Crippen molar-refractivity contribution in [2.24, 2.45) is 0 Å². The van der Waals surface area contributed by atoms with Crippen LogP contribution in [0, 0.1) is 0 Å². The molecular formula is C13H11BrN2O4S. The highest BCUT2D eigenvalue weighted by molar-refractivity contribution is 9.10. The molecule has 21 heavy (non-hydrogen) atoms. The van der Waals surface area contributed by atoms with Crippen LogP contribution in [0.25, 0.3) is 0 Å². The monoisotopic (exact) mass is 370 g/mol. The van der Waals surface area contributed by atoms with Crippen molar-refractivity contribution in [1.29, 1.82) is 0 Å². The van der Waals surface area contributed by atoms with E-state index in [2.05, 4.69) is 26.2 Å². The molecule has 110 valence electrons. The third-order valence-electron chi connectivity index (χ3n) is 2.59. The number of nitrogens with one attached hydrogen (secondary N) is 1. The van der Waals surface area contributed by atoms with E-state index in [4.69, 9.17) is 9.84 Å². The lowest BCUT2D eigenvalue weighted by atomic mass is 10.2. The van der Waals surface area contributed by atoms with Gasteiger partial charge in [0.05, 0.1) is 18.1 Å². The van der Waals surface area contributed by atoms with Gasteiger partial charge in [0.2, 0.25) is 0 Å². The first-order valence-electron chi connectivity index (χ1n) is 5.80. The normalized spacial score (nSPS) is 10.2. The molecule has 0 saturated carbocycles. The number of carbonyl (C=O) groups excluding carboxylic acids is 1. The van der Waals surface area contributed by atoms with E-state index in [9.17, 15) is 9.59 Å². The Kier molecular flexibility index (Phi) is 4.92. The Morgan fingerprint density at radius 3 is 2.81 bits per heavy atom. The van der Waals surface area contributed by atoms with Crippen molar-refractivity contribution in [3.8, 4) is 5.75 Å². The molecule has 1 heterocycles. The number of amides is 1. The summed E-state index contributed by atoms with van der Waals surface area (Å²) in [6.45, 7) is 0.181. The molecule has 0 saturated heterocycles. The molecule has 0 spiro atoms. The van der Waals surface area contributed by atoms with E-state index in [1.165, 1.54) is 16.7 Å². The topological polar surface area (TPSA) is 88.5 Å². The molecule has 0 fully saturated rings. The Bertz CT molecular complexity index is 687. The number of nitrogens with zero attached hydrogens (tertiary/aromatic N) is 1. The molecule has 0 bridgehead atoms. The van der Waals surface area contributed by atoms with Gasteiger partial charge in [0.25, 0.3) is 5.91 Å². The highest BCUT2D eigenvalue weighted by atomic mass is 79.9. The number of thiazole rings is 1. The maximum absolute atomic E-state index is 12.0. The van der Waals surface area contributed by atoms with Crippen LogP contribution in [0.2, 0.25) is 0 Å². The van der Waals surface area contributed by atoms with Crippen LogP contribution < -0.4 is 10.1 Å². The van der Waals surface area contributed by atoms with Gasteiger partial charge in [-0.15, -0.1) is 11.3 Å². The van der Waals surface area contributed by atoms with Gasteiger partial charge in [0.1, 0.15) is 10.8 Å². The molecule has 0 aliphatic rings. The minimum atomic E-state index is -1.08. The summed E-state index contributed by atoms with van der Waals surface area (Å²) in [6, 6.07) is 4.98. The van der Waals surface area contributed by atoms with Crippen LogP contribution in [0.5, 0.6) is 5.75 Å². The van der Waals surface area contributed by atoms with Gasteiger partial charge in [0, 0.05) is 10.9 Å². The average Bonchev–Trinajstić information content (AvgIpc) is 2.93. The number of aromatic nitrogens is 1. The Balaban J connectivity index is 2.01. The number of carbonyl (C=O) groups is 2. The predicted molar refractivity (Wildman–Crippen MR) is 80.9 cm³/mol. The number of carboxylic acid groups (broad SMARTS) is 1. The lowest BCUT2D eigenvalue weighted by Gasteiger charge is -2.06. The molecule has 8 heteroatoms. The summed E-state index contributed by atoms with van der Waals surface area (Å²) in [5.41, 5.74) is 0.453. The van der Waals surface area contributed by atoms with Gasteiger partial charge in [-0.1, -0.05) is 0 Å². The smallest absolute Gasteiger partial charge is 0.355 e. The fourth-order valence-corrected chi connectivity index (χ4v) is 2.80. The van der Waals surface area contributed by atoms with Gasteiger partial charge in [0.15, 0.2) is 5.69 Å². The number of hydrogen-bond donors (Lipinski definition) is 2. The average molecular weight is 371 g/mol. The van der Waals surface area contributed by atoms with E-state index in [1.807, 2.05) is 0 Å². The van der Waals surface area contributed by atoms with E-state index in [1.54, 1.807) is 25.3 Å². The van der Waals surface area contributed by atoms with Gasteiger partial charge in [-0.3, -0.25) is 4.79 Å². The Hall–Kier alpha value is -1.93. The molecule has 0 atom stereocenters. The van der Waals surface area contributed by atoms with Crippen molar-refractivity contribution >= 4 is 39.1 Å². The number of halogens is 1. The SMILES string of the molecule is COc1ccc(C(=O)NCc2nc(C(=O)O)cs2)cc1Br. The number of ether oxygens (including phenoxy) is 1. The summed E-state index contributed by atoms with van der Waals surface area (Å²) in [5.74, 6) is -0.717. The fourth-order valence-electron chi connectivity index (χ4n) is 1.56. The van der Waals surface area contributed by atoms with Crippen molar-refractivity contribution < 1.29 is 19.4 Å². The van der Waals surface area contributed by atoms with Gasteiger partial charge in [-0.05, 0) is 34.1 Å². The fraction of sp³-hybridized carbons (Fsp3) is 0.154. The molecule has 1 aromatic carbocycles. The number of benzene rings is 1. The molecular weight excluding hydrogens is 360 g/mol. The van der Waals surface area contributed by atoms with Gasteiger partial charge in [-0.2, -0.15) is 0 Å². The molecule has 2 aromatic rings. The third-order valence-corrected chi connectivity index (χ3v) is 4.05. The van der Waals surface area contributed by atoms with Crippen molar-refractivity contribution in [2.75, 3.05) is 7.11 Å². The van der Waals surface area contributed by atoms with Gasteiger partial charge < -0.3 is 15.2 Å². The van der Waals surface area contributed by atoms with Crippen LogP contribution in [-0.4, -0.2) is 29.1 Å². The van der Waals surface area contributed by atoms with E-state index in [0.29, 0.717) is 20.8 Å². The zero-order chi connectivity index (χ0) is 15.4. The summed E-state index contributed by atoms with van der Waals surface area (Å²) >= 11 is 4.50. The predicted octanol–water partition coefficient (Wildman–Crippen LogP) is 2.54. The molecule has 2 N–H and O–H groups in total. The van der Waals surface area contributed by atoms with E-state index >= 15 is 0 Å². The quantitative estimate of drug-likeness (QED) is 0.843. The first-order valence-corrected chi connectivity index (χ1v) is 7.48. The summed E-state index contributed by atoms with van der Waals surface area (Å²) in [7, 11) is 1.54. The molecule has 0 unspecified atom stereocenters. The molecule has 2 rings (SSSR count). The second-order valence-corrected chi connectivity index (χ2v) is 5.76. The Labute approximate surface area is 132 Å². The summed E-state index contributed by atoms with van der Waals surface area (Å²) in [6.07, 6.45) is 0. The van der Waals surface area contributed by atoms with E-state index < -0.39 is 5.97 Å². The van der Waals surface area contributed by atoms with Crippen LogP contribution in [-0.2, 0) is 6.54 Å². The molecule has 0 radical (unpaired) electrons. The number of rotatable bonds is 5. The van der Waals surface area contributed by atoms with Crippen molar-refractivity contribution in [2.45, 2.75) is 6.54 Å². The number of hydrogen-bond acceptors (Lipinski definition) is 5. The molecule has 0 aliphatic carbocycles. The van der Waals surface area contributed by atoms with Gasteiger partial charge >= 0.3 is 5.97 Å². The van der Waals surface area contributed by atoms with Crippen LogP contribution >= 0.6 is 27.3 Å². The molecule has 1 aromatic heterocycles. The number of methoxy groups -OCH3 is 1. The lowest BCUT2D eigenvalue weighted by molar-refractivity contribution is 0.0691. The minimum absolute atomic E-state index is 0.0172. The Morgan fingerprint density at radius 1 is 1.48 bits per heavy atom. The first-order chi connectivity index (χ1) is 10.0. The third kappa shape index (κ3) is 3.79. The molecule has 1 amide bonds.